The van der Waals surface area contributed by atoms with Gasteiger partial charge in [0.25, 0.3) is 0 Å². The summed E-state index contributed by atoms with van der Waals surface area (Å²) in [6, 6.07) is 15.0. The Labute approximate surface area is 123 Å². The van der Waals surface area contributed by atoms with Gasteiger partial charge in [-0.25, -0.2) is 0 Å². The second-order valence-electron chi connectivity index (χ2n) is 4.96. The molecule has 0 aliphatic rings. The van der Waals surface area contributed by atoms with Gasteiger partial charge in [0.15, 0.2) is 0 Å². The van der Waals surface area contributed by atoms with Gasteiger partial charge in [-0.3, -0.25) is 0 Å². The largest absolute Gasteiger partial charge is 0.506 e. The average Bonchev–Trinajstić information content (AvgIpc) is 2.49. The number of para-hydroxylation sites is 1. The van der Waals surface area contributed by atoms with Crippen LogP contribution in [0.2, 0.25) is 5.02 Å². The number of nitrogens with one attached hydrogen (secondary N) is 1. The molecule has 2 aromatic carbocycles. The smallest absolute Gasteiger partial charge is 0.138 e. The van der Waals surface area contributed by atoms with Crippen LogP contribution in [0.1, 0.15) is 18.1 Å². The molecule has 0 saturated heterocycles. The summed E-state index contributed by atoms with van der Waals surface area (Å²) < 4.78 is 0. The first-order valence-electron chi connectivity index (χ1n) is 6.44. The van der Waals surface area contributed by atoms with Gasteiger partial charge >= 0.3 is 0 Å². The minimum Gasteiger partial charge on any atom is -0.506 e. The summed E-state index contributed by atoms with van der Waals surface area (Å²) in [6.07, 6.45) is 0. The fraction of sp³-hybridized carbons (Fsp3) is 0.250. The number of aliphatic hydroxyl groups excluding tert-OH is 1. The highest BCUT2D eigenvalue weighted by molar-refractivity contribution is 6.32. The molecule has 106 valence electrons. The van der Waals surface area contributed by atoms with Crippen LogP contribution >= 0.6 is 11.6 Å². The molecule has 0 spiro atoms. The standard InChI is InChI=1S/C16H18ClNO2/c1-16(11-19,13-7-3-2-4-8-13)18-10-12-6-5-9-14(17)15(12)20/h2-9,18-20H,10-11H2,1H3. The molecule has 0 saturated carbocycles. The van der Waals surface area contributed by atoms with E-state index in [1.165, 1.54) is 0 Å². The molecule has 4 heteroatoms. The summed E-state index contributed by atoms with van der Waals surface area (Å²) in [4.78, 5) is 0. The van der Waals surface area contributed by atoms with Crippen LogP contribution in [0, 0.1) is 0 Å². The third kappa shape index (κ3) is 3.12. The Morgan fingerprint density at radius 1 is 1.10 bits per heavy atom. The Morgan fingerprint density at radius 2 is 1.80 bits per heavy atom. The molecule has 3 N–H and O–H groups in total. The lowest BCUT2D eigenvalue weighted by atomic mass is 9.92. The summed E-state index contributed by atoms with van der Waals surface area (Å²) in [7, 11) is 0. The van der Waals surface area contributed by atoms with Crippen LogP contribution in [-0.4, -0.2) is 16.8 Å². The molecule has 0 heterocycles. The van der Waals surface area contributed by atoms with Crippen molar-refractivity contribution in [2.75, 3.05) is 6.61 Å². The van der Waals surface area contributed by atoms with E-state index in [0.29, 0.717) is 17.1 Å². The van der Waals surface area contributed by atoms with E-state index in [0.717, 1.165) is 5.56 Å². The molecule has 0 amide bonds. The molecule has 1 unspecified atom stereocenters. The molecule has 0 aliphatic carbocycles. The zero-order chi connectivity index (χ0) is 14.6. The first-order valence-corrected chi connectivity index (χ1v) is 6.82. The van der Waals surface area contributed by atoms with Crippen molar-refractivity contribution in [2.45, 2.75) is 19.0 Å². The number of phenolic OH excluding ortho intramolecular Hbond substituents is 1. The molecule has 0 aliphatic heterocycles. The van der Waals surface area contributed by atoms with E-state index in [1.807, 2.05) is 37.3 Å². The van der Waals surface area contributed by atoms with Crippen molar-refractivity contribution in [2.24, 2.45) is 0 Å². The summed E-state index contributed by atoms with van der Waals surface area (Å²) >= 11 is 5.89. The fourth-order valence-electron chi connectivity index (χ4n) is 2.05. The Morgan fingerprint density at radius 3 is 2.45 bits per heavy atom. The quantitative estimate of drug-likeness (QED) is 0.794. The SMILES string of the molecule is CC(CO)(NCc1cccc(Cl)c1O)c1ccccc1. The maximum Gasteiger partial charge on any atom is 0.138 e. The molecule has 0 fully saturated rings. The predicted molar refractivity (Wildman–Crippen MR) is 80.8 cm³/mol. The van der Waals surface area contributed by atoms with Crippen molar-refractivity contribution in [1.82, 2.24) is 5.32 Å². The van der Waals surface area contributed by atoms with Crippen LogP contribution < -0.4 is 5.32 Å². The average molecular weight is 292 g/mol. The van der Waals surface area contributed by atoms with E-state index in [2.05, 4.69) is 5.32 Å². The topological polar surface area (TPSA) is 52.5 Å². The zero-order valence-electron chi connectivity index (χ0n) is 11.3. The van der Waals surface area contributed by atoms with Gasteiger partial charge in [0.2, 0.25) is 0 Å². The van der Waals surface area contributed by atoms with Gasteiger partial charge in [-0.2, -0.15) is 0 Å². The normalized spacial score (nSPS) is 13.9. The molecular weight excluding hydrogens is 274 g/mol. The maximum absolute atomic E-state index is 9.90. The number of rotatable bonds is 5. The van der Waals surface area contributed by atoms with Crippen LogP contribution in [0.25, 0.3) is 0 Å². The van der Waals surface area contributed by atoms with Crippen molar-refractivity contribution >= 4 is 11.6 Å². The van der Waals surface area contributed by atoms with Crippen molar-refractivity contribution in [3.63, 3.8) is 0 Å². The summed E-state index contributed by atoms with van der Waals surface area (Å²) in [5.41, 5.74) is 1.12. The Hall–Kier alpha value is -1.55. The van der Waals surface area contributed by atoms with Gasteiger partial charge in [-0.05, 0) is 18.6 Å². The van der Waals surface area contributed by atoms with Crippen molar-refractivity contribution < 1.29 is 10.2 Å². The number of halogens is 1. The second kappa shape index (κ2) is 6.27. The van der Waals surface area contributed by atoms with Gasteiger partial charge in [-0.1, -0.05) is 54.1 Å². The van der Waals surface area contributed by atoms with E-state index < -0.39 is 5.54 Å². The third-order valence-electron chi connectivity index (χ3n) is 3.47. The molecule has 2 aromatic rings. The van der Waals surface area contributed by atoms with Gasteiger partial charge in [-0.15, -0.1) is 0 Å². The maximum atomic E-state index is 9.90. The van der Waals surface area contributed by atoms with Crippen LogP contribution in [0.15, 0.2) is 48.5 Å². The van der Waals surface area contributed by atoms with Crippen molar-refractivity contribution in [3.8, 4) is 5.75 Å². The molecule has 0 radical (unpaired) electrons. The Bertz CT molecular complexity index is 574. The van der Waals surface area contributed by atoms with E-state index >= 15 is 0 Å². The van der Waals surface area contributed by atoms with E-state index in [1.54, 1.807) is 18.2 Å². The van der Waals surface area contributed by atoms with E-state index in [9.17, 15) is 10.2 Å². The number of hydrogen-bond donors (Lipinski definition) is 3. The first-order chi connectivity index (χ1) is 9.57. The number of phenols is 1. The summed E-state index contributed by atoms with van der Waals surface area (Å²) in [6.45, 7) is 2.29. The highest BCUT2D eigenvalue weighted by atomic mass is 35.5. The monoisotopic (exact) mass is 291 g/mol. The minimum atomic E-state index is -0.573. The molecule has 20 heavy (non-hydrogen) atoms. The lowest BCUT2D eigenvalue weighted by Crippen LogP contribution is -2.42. The lowest BCUT2D eigenvalue weighted by Gasteiger charge is -2.29. The highest BCUT2D eigenvalue weighted by Crippen LogP contribution is 2.28. The van der Waals surface area contributed by atoms with Crippen LogP contribution in [-0.2, 0) is 12.1 Å². The number of benzene rings is 2. The predicted octanol–water partition coefficient (Wildman–Crippen LogP) is 3.04. The van der Waals surface area contributed by atoms with Gasteiger partial charge in [0.1, 0.15) is 5.75 Å². The van der Waals surface area contributed by atoms with E-state index in [-0.39, 0.29) is 12.4 Å². The van der Waals surface area contributed by atoms with Gasteiger partial charge < -0.3 is 15.5 Å². The fourth-order valence-corrected chi connectivity index (χ4v) is 2.24. The minimum absolute atomic E-state index is 0.0433. The summed E-state index contributed by atoms with van der Waals surface area (Å²) in [5.74, 6) is 0.0787. The molecule has 0 bridgehead atoms. The van der Waals surface area contributed by atoms with Crippen LogP contribution in [0.4, 0.5) is 0 Å². The zero-order valence-corrected chi connectivity index (χ0v) is 12.1. The third-order valence-corrected chi connectivity index (χ3v) is 3.77. The molecule has 3 nitrogen and oxygen atoms in total. The summed E-state index contributed by atoms with van der Waals surface area (Å²) in [5, 5.41) is 23.2. The molecular formula is C16H18ClNO2. The number of aromatic hydroxyl groups is 1. The second-order valence-corrected chi connectivity index (χ2v) is 5.36. The van der Waals surface area contributed by atoms with Crippen LogP contribution in [0.3, 0.4) is 0 Å². The highest BCUT2D eigenvalue weighted by Gasteiger charge is 2.25. The van der Waals surface area contributed by atoms with Crippen molar-refractivity contribution in [3.05, 3.63) is 64.7 Å². The van der Waals surface area contributed by atoms with Crippen molar-refractivity contribution in [1.29, 1.82) is 0 Å². The number of hydrogen-bond acceptors (Lipinski definition) is 3. The van der Waals surface area contributed by atoms with E-state index in [4.69, 9.17) is 11.6 Å². The van der Waals surface area contributed by atoms with Crippen LogP contribution in [0.5, 0.6) is 5.75 Å². The molecule has 2 rings (SSSR count). The lowest BCUT2D eigenvalue weighted by molar-refractivity contribution is 0.173. The first kappa shape index (κ1) is 14.9. The molecule has 1 atom stereocenters. The number of aliphatic hydroxyl groups is 1. The van der Waals surface area contributed by atoms with Gasteiger partial charge in [0, 0.05) is 12.1 Å². The molecule has 0 aromatic heterocycles. The van der Waals surface area contributed by atoms with Gasteiger partial charge in [0.05, 0.1) is 17.2 Å². The Kier molecular flexibility index (Phi) is 4.65. The Balaban J connectivity index is 2.17.